The highest BCUT2D eigenvalue weighted by atomic mass is 16.2. The first-order valence-corrected chi connectivity index (χ1v) is 14.9. The van der Waals surface area contributed by atoms with Crippen molar-refractivity contribution in [2.45, 2.75) is 25.9 Å². The van der Waals surface area contributed by atoms with Gasteiger partial charge in [-0.1, -0.05) is 72.3 Å². The molecule has 2 unspecified atom stereocenters. The molecule has 0 radical (unpaired) electrons. The van der Waals surface area contributed by atoms with Crippen LogP contribution in [0.1, 0.15) is 40.0 Å². The Balaban J connectivity index is 1.30. The number of piperazine rings is 1. The molecule has 216 valence electrons. The molecule has 2 amide bonds. The van der Waals surface area contributed by atoms with Gasteiger partial charge in [-0.15, -0.1) is 0 Å². The number of fused-ring (bicyclic) bond motifs is 2. The number of aromatic nitrogens is 2. The van der Waals surface area contributed by atoms with Crippen molar-refractivity contribution in [3.8, 4) is 11.3 Å². The summed E-state index contributed by atoms with van der Waals surface area (Å²) in [6, 6.07) is 29.6. The molecule has 2 aromatic heterocycles. The number of benzene rings is 3. The maximum absolute atomic E-state index is 14.2. The lowest BCUT2D eigenvalue weighted by molar-refractivity contribution is -0.136. The predicted octanol–water partition coefficient (Wildman–Crippen LogP) is 5.83. The Morgan fingerprint density at radius 1 is 0.860 bits per heavy atom. The Bertz CT molecular complexity index is 1820. The lowest BCUT2D eigenvalue weighted by Gasteiger charge is -2.39. The van der Waals surface area contributed by atoms with Gasteiger partial charge in [0.15, 0.2) is 0 Å². The molecule has 2 aliphatic rings. The van der Waals surface area contributed by atoms with E-state index >= 15 is 0 Å². The van der Waals surface area contributed by atoms with Crippen LogP contribution in [-0.2, 0) is 11.8 Å². The maximum atomic E-state index is 14.2. The highest BCUT2D eigenvalue weighted by molar-refractivity contribution is 6.04. The van der Waals surface area contributed by atoms with E-state index in [4.69, 9.17) is 0 Å². The van der Waals surface area contributed by atoms with Gasteiger partial charge in [-0.25, -0.2) is 4.98 Å². The minimum Gasteiger partial charge on any atom is -0.353 e. The van der Waals surface area contributed by atoms with Crippen LogP contribution >= 0.6 is 0 Å². The van der Waals surface area contributed by atoms with Gasteiger partial charge in [0.2, 0.25) is 5.91 Å². The molecule has 0 aliphatic carbocycles. The van der Waals surface area contributed by atoms with Crippen molar-refractivity contribution in [3.63, 3.8) is 0 Å². The van der Waals surface area contributed by atoms with E-state index in [9.17, 15) is 9.59 Å². The molecular weight excluding hydrogens is 534 g/mol. The zero-order valence-corrected chi connectivity index (χ0v) is 24.8. The Morgan fingerprint density at radius 2 is 1.56 bits per heavy atom. The van der Waals surface area contributed by atoms with Gasteiger partial charge in [0.05, 0.1) is 11.7 Å². The summed E-state index contributed by atoms with van der Waals surface area (Å²) >= 11 is 0. The minimum atomic E-state index is -0.642. The predicted molar refractivity (Wildman–Crippen MR) is 170 cm³/mol. The Labute approximate surface area is 252 Å². The number of carbonyl (C=O) groups is 2. The third-order valence-corrected chi connectivity index (χ3v) is 9.08. The number of anilines is 1. The SMILES string of the molecule is Cc1ccc(-c2c(C3c4ccccc4C(=O)N3C(C)C(=O)N3CCN(c4ccccn4)CC3)c3ccccc3n2C)cc1. The van der Waals surface area contributed by atoms with Crippen molar-refractivity contribution in [2.75, 3.05) is 31.1 Å². The molecule has 7 heteroatoms. The average Bonchev–Trinajstić information content (AvgIpc) is 3.51. The van der Waals surface area contributed by atoms with Gasteiger partial charge in [0.25, 0.3) is 5.91 Å². The first-order valence-electron chi connectivity index (χ1n) is 14.9. The van der Waals surface area contributed by atoms with Crippen LogP contribution in [-0.4, -0.2) is 63.4 Å². The Hall–Kier alpha value is -4.91. The minimum absolute atomic E-state index is 0.0241. The fourth-order valence-corrected chi connectivity index (χ4v) is 6.87. The number of para-hydroxylation sites is 1. The first-order chi connectivity index (χ1) is 20.9. The van der Waals surface area contributed by atoms with Crippen molar-refractivity contribution in [3.05, 3.63) is 119 Å². The standard InChI is InChI=1S/C36H35N5O2/c1-24-15-17-26(18-16-24)33-32(29-12-6-7-13-30(29)38(33)3)34-27-10-4-5-11-28(27)36(43)41(34)25(2)35(42)40-22-20-39(21-23-40)31-14-8-9-19-37-31/h4-19,25,34H,20-23H2,1-3H3. The van der Waals surface area contributed by atoms with Crippen LogP contribution < -0.4 is 4.90 Å². The summed E-state index contributed by atoms with van der Waals surface area (Å²) in [4.78, 5) is 38.8. The number of pyridine rings is 1. The molecule has 5 aromatic rings. The van der Waals surface area contributed by atoms with Crippen LogP contribution in [0.3, 0.4) is 0 Å². The largest absolute Gasteiger partial charge is 0.353 e. The highest BCUT2D eigenvalue weighted by Crippen LogP contribution is 2.47. The molecule has 2 aliphatic heterocycles. The van der Waals surface area contributed by atoms with Gasteiger partial charge in [0, 0.05) is 61.5 Å². The molecular formula is C36H35N5O2. The van der Waals surface area contributed by atoms with E-state index in [1.165, 1.54) is 5.56 Å². The molecule has 3 aromatic carbocycles. The Morgan fingerprint density at radius 3 is 2.30 bits per heavy atom. The van der Waals surface area contributed by atoms with E-state index in [0.29, 0.717) is 31.7 Å². The van der Waals surface area contributed by atoms with Crippen molar-refractivity contribution in [1.82, 2.24) is 19.4 Å². The monoisotopic (exact) mass is 569 g/mol. The average molecular weight is 570 g/mol. The number of nitrogens with zero attached hydrogens (tertiary/aromatic N) is 5. The maximum Gasteiger partial charge on any atom is 0.255 e. The first kappa shape index (κ1) is 27.0. The molecule has 0 bridgehead atoms. The van der Waals surface area contributed by atoms with Gasteiger partial charge in [0.1, 0.15) is 11.9 Å². The summed E-state index contributed by atoms with van der Waals surface area (Å²) in [5.74, 6) is 0.799. The van der Waals surface area contributed by atoms with Crippen molar-refractivity contribution in [1.29, 1.82) is 0 Å². The van der Waals surface area contributed by atoms with Crippen LogP contribution in [0.15, 0.2) is 97.2 Å². The van der Waals surface area contributed by atoms with Gasteiger partial charge in [-0.3, -0.25) is 9.59 Å². The quantitative estimate of drug-likeness (QED) is 0.267. The molecule has 1 fully saturated rings. The molecule has 2 atom stereocenters. The van der Waals surface area contributed by atoms with Crippen molar-refractivity contribution < 1.29 is 9.59 Å². The summed E-state index contributed by atoms with van der Waals surface area (Å²) < 4.78 is 2.22. The summed E-state index contributed by atoms with van der Waals surface area (Å²) in [6.07, 6.45) is 1.80. The topological polar surface area (TPSA) is 61.7 Å². The van der Waals surface area contributed by atoms with Gasteiger partial charge >= 0.3 is 0 Å². The van der Waals surface area contributed by atoms with Crippen molar-refractivity contribution in [2.24, 2.45) is 7.05 Å². The molecule has 0 N–H and O–H groups in total. The third kappa shape index (κ3) is 4.47. The van der Waals surface area contributed by atoms with E-state index in [0.717, 1.165) is 39.1 Å². The number of amides is 2. The van der Waals surface area contributed by atoms with E-state index in [-0.39, 0.29) is 11.8 Å². The second-order valence-electron chi connectivity index (χ2n) is 11.6. The third-order valence-electron chi connectivity index (χ3n) is 9.08. The van der Waals surface area contributed by atoms with Crippen LogP contribution in [0.4, 0.5) is 5.82 Å². The van der Waals surface area contributed by atoms with Gasteiger partial charge in [-0.05, 0) is 49.2 Å². The van der Waals surface area contributed by atoms with Crippen LogP contribution in [0.25, 0.3) is 22.2 Å². The van der Waals surface area contributed by atoms with Crippen LogP contribution in [0, 0.1) is 6.92 Å². The second kappa shape index (κ2) is 10.7. The fraction of sp³-hybridized carbons (Fsp3) is 0.250. The van der Waals surface area contributed by atoms with E-state index in [1.54, 1.807) is 6.20 Å². The second-order valence-corrected chi connectivity index (χ2v) is 11.6. The van der Waals surface area contributed by atoms with Crippen molar-refractivity contribution >= 4 is 28.5 Å². The van der Waals surface area contributed by atoms with Gasteiger partial charge < -0.3 is 19.3 Å². The molecule has 7 rings (SSSR count). The summed E-state index contributed by atoms with van der Waals surface area (Å²) in [5.41, 5.74) is 7.08. The smallest absolute Gasteiger partial charge is 0.255 e. The van der Waals surface area contributed by atoms with Crippen LogP contribution in [0.5, 0.6) is 0 Å². The normalized spacial score (nSPS) is 17.4. The molecule has 4 heterocycles. The zero-order valence-electron chi connectivity index (χ0n) is 24.8. The fourth-order valence-electron chi connectivity index (χ4n) is 6.87. The molecule has 1 saturated heterocycles. The van der Waals surface area contributed by atoms with E-state index in [1.807, 2.05) is 71.3 Å². The highest BCUT2D eigenvalue weighted by Gasteiger charge is 2.45. The lowest BCUT2D eigenvalue weighted by Crippen LogP contribution is -2.55. The number of hydrogen-bond donors (Lipinski definition) is 0. The number of carbonyl (C=O) groups excluding carboxylic acids is 2. The zero-order chi connectivity index (χ0) is 29.7. The number of aryl methyl sites for hydroxylation is 2. The summed E-state index contributed by atoms with van der Waals surface area (Å²) in [6.45, 7) is 6.55. The van der Waals surface area contributed by atoms with E-state index < -0.39 is 12.1 Å². The molecule has 7 nitrogen and oxygen atoms in total. The summed E-state index contributed by atoms with van der Waals surface area (Å²) in [7, 11) is 2.09. The molecule has 0 saturated carbocycles. The lowest BCUT2D eigenvalue weighted by atomic mass is 9.92. The molecule has 0 spiro atoms. The number of rotatable bonds is 5. The van der Waals surface area contributed by atoms with E-state index in [2.05, 4.69) is 64.8 Å². The summed E-state index contributed by atoms with van der Waals surface area (Å²) in [5, 5.41) is 1.09. The number of hydrogen-bond acceptors (Lipinski definition) is 4. The Kier molecular flexibility index (Phi) is 6.73. The van der Waals surface area contributed by atoms with Crippen LogP contribution in [0.2, 0.25) is 0 Å². The van der Waals surface area contributed by atoms with Gasteiger partial charge in [-0.2, -0.15) is 0 Å². The molecule has 43 heavy (non-hydrogen) atoms.